The van der Waals surface area contributed by atoms with Gasteiger partial charge < -0.3 is 15.9 Å². The van der Waals surface area contributed by atoms with E-state index in [4.69, 9.17) is 16.1 Å². The highest BCUT2D eigenvalue weighted by molar-refractivity contribution is 5.81. The summed E-state index contributed by atoms with van der Waals surface area (Å²) in [5, 5.41) is 26.2. The van der Waals surface area contributed by atoms with Crippen LogP contribution in [0.3, 0.4) is 0 Å². The van der Waals surface area contributed by atoms with Gasteiger partial charge in [0.1, 0.15) is 0 Å². The molecule has 0 heterocycles. The molecule has 0 aliphatic heterocycles. The van der Waals surface area contributed by atoms with E-state index in [0.29, 0.717) is 0 Å². The maximum absolute atomic E-state index is 10.6. The molecule has 2 atom stereocenters. The summed E-state index contributed by atoms with van der Waals surface area (Å²) in [6.07, 6.45) is -0.700. The van der Waals surface area contributed by atoms with Gasteiger partial charge in [-0.3, -0.25) is 9.59 Å². The van der Waals surface area contributed by atoms with Crippen molar-refractivity contribution >= 4 is 11.9 Å². The summed E-state index contributed by atoms with van der Waals surface area (Å²) < 4.78 is 0. The molecule has 2 unspecified atom stereocenters. The largest absolute Gasteiger partial charge is 0.481 e. The van der Waals surface area contributed by atoms with E-state index < -0.39 is 29.8 Å². The molecule has 0 rings (SSSR count). The number of hydrogen-bond acceptors (Lipinski definition) is 4. The van der Waals surface area contributed by atoms with E-state index in [2.05, 4.69) is 0 Å². The number of carbonyl (C=O) groups is 2. The number of carbonyl (C=O) groups excluding carboxylic acids is 1. The van der Waals surface area contributed by atoms with E-state index in [1.54, 1.807) is 0 Å². The van der Waals surface area contributed by atoms with E-state index in [-0.39, 0.29) is 0 Å². The molecule has 6 heteroatoms. The molecular formula is C7H10N2O4. The summed E-state index contributed by atoms with van der Waals surface area (Å²) in [7, 11) is 0. The molecule has 72 valence electrons. The Bertz CT molecular complexity index is 266. The second kappa shape index (κ2) is 3.87. The second-order valence-corrected chi connectivity index (χ2v) is 2.89. The molecule has 0 aromatic carbocycles. The van der Waals surface area contributed by atoms with E-state index in [0.717, 1.165) is 6.92 Å². The van der Waals surface area contributed by atoms with E-state index >= 15 is 0 Å². The first kappa shape index (κ1) is 11.4. The van der Waals surface area contributed by atoms with Crippen LogP contribution >= 0.6 is 0 Å². The van der Waals surface area contributed by atoms with E-state index in [1.807, 2.05) is 0 Å². The van der Waals surface area contributed by atoms with Gasteiger partial charge >= 0.3 is 5.97 Å². The van der Waals surface area contributed by atoms with Crippen molar-refractivity contribution in [3.05, 3.63) is 0 Å². The number of nitriles is 1. The fourth-order valence-corrected chi connectivity index (χ4v) is 0.917. The Morgan fingerprint density at radius 2 is 2.15 bits per heavy atom. The number of hydrogen-bond donors (Lipinski definition) is 3. The molecule has 0 saturated heterocycles. The van der Waals surface area contributed by atoms with Crippen molar-refractivity contribution in [2.75, 3.05) is 0 Å². The predicted molar refractivity (Wildman–Crippen MR) is 41.2 cm³/mol. The van der Waals surface area contributed by atoms with Gasteiger partial charge in [-0.25, -0.2) is 0 Å². The number of nitrogens with two attached hydrogens (primary N) is 1. The van der Waals surface area contributed by atoms with Crippen LogP contribution in [-0.4, -0.2) is 27.7 Å². The lowest BCUT2D eigenvalue weighted by Gasteiger charge is -2.23. The summed E-state index contributed by atoms with van der Waals surface area (Å²) in [5.74, 6) is -3.84. The monoisotopic (exact) mass is 186 g/mol. The smallest absolute Gasteiger partial charge is 0.306 e. The number of aliphatic hydroxyl groups is 1. The molecule has 4 N–H and O–H groups in total. The zero-order valence-corrected chi connectivity index (χ0v) is 7.02. The molecule has 0 bridgehead atoms. The summed E-state index contributed by atoms with van der Waals surface area (Å²) in [6, 6.07) is 1.46. The van der Waals surface area contributed by atoms with Crippen LogP contribution in [0.1, 0.15) is 13.3 Å². The maximum atomic E-state index is 10.6. The fraction of sp³-hybridized carbons (Fsp3) is 0.571. The highest BCUT2D eigenvalue weighted by atomic mass is 16.4. The SMILES string of the molecule is CC(O)(CC(=O)O)C(C#N)C(N)=O. The third kappa shape index (κ3) is 3.09. The van der Waals surface area contributed by atoms with Crippen LogP contribution in [0.15, 0.2) is 0 Å². The van der Waals surface area contributed by atoms with Crippen molar-refractivity contribution in [3.8, 4) is 6.07 Å². The molecule has 0 aromatic rings. The van der Waals surface area contributed by atoms with Crippen LogP contribution in [0, 0.1) is 17.2 Å². The minimum absolute atomic E-state index is 0.700. The molecule has 6 nitrogen and oxygen atoms in total. The van der Waals surface area contributed by atoms with Gasteiger partial charge in [0.25, 0.3) is 0 Å². The van der Waals surface area contributed by atoms with Crippen LogP contribution < -0.4 is 5.73 Å². The van der Waals surface area contributed by atoms with Crippen molar-refractivity contribution in [1.82, 2.24) is 0 Å². The number of primary amides is 1. The van der Waals surface area contributed by atoms with Gasteiger partial charge in [0.15, 0.2) is 5.92 Å². The highest BCUT2D eigenvalue weighted by Crippen LogP contribution is 2.20. The van der Waals surface area contributed by atoms with Crippen molar-refractivity contribution in [2.24, 2.45) is 11.7 Å². The van der Waals surface area contributed by atoms with Gasteiger partial charge in [-0.15, -0.1) is 0 Å². The quantitative estimate of drug-likeness (QED) is 0.510. The number of carboxylic acid groups (broad SMARTS) is 1. The number of nitrogens with zero attached hydrogens (tertiary/aromatic N) is 1. The molecule has 0 spiro atoms. The Hall–Kier alpha value is -1.61. The lowest BCUT2D eigenvalue weighted by molar-refractivity contribution is -0.144. The average Bonchev–Trinajstić information content (AvgIpc) is 1.82. The van der Waals surface area contributed by atoms with Gasteiger partial charge in [0.2, 0.25) is 5.91 Å². The van der Waals surface area contributed by atoms with Gasteiger partial charge in [-0.1, -0.05) is 0 Å². The standard InChI is InChI=1S/C7H10N2O4/c1-7(13,2-5(10)11)4(3-8)6(9)12/h4,13H,2H2,1H3,(H2,9,12)(H,10,11). The molecule has 13 heavy (non-hydrogen) atoms. The lowest BCUT2D eigenvalue weighted by atomic mass is 9.87. The Balaban J connectivity index is 4.69. The van der Waals surface area contributed by atoms with Gasteiger partial charge in [-0.05, 0) is 6.92 Å². The summed E-state index contributed by atoms with van der Waals surface area (Å²) in [5.41, 5.74) is 2.87. The Labute approximate surface area is 74.6 Å². The Morgan fingerprint density at radius 3 is 2.38 bits per heavy atom. The number of aliphatic carboxylic acids is 1. The van der Waals surface area contributed by atoms with Crippen LogP contribution in [0.5, 0.6) is 0 Å². The van der Waals surface area contributed by atoms with Crippen LogP contribution in [0.4, 0.5) is 0 Å². The molecular weight excluding hydrogens is 176 g/mol. The summed E-state index contributed by atoms with van der Waals surface area (Å²) in [4.78, 5) is 20.8. The molecule has 0 aliphatic carbocycles. The van der Waals surface area contributed by atoms with Crippen molar-refractivity contribution < 1.29 is 19.8 Å². The summed E-state index contributed by atoms with van der Waals surface area (Å²) >= 11 is 0. The van der Waals surface area contributed by atoms with Crippen LogP contribution in [-0.2, 0) is 9.59 Å². The third-order valence-corrected chi connectivity index (χ3v) is 1.54. The van der Waals surface area contributed by atoms with Gasteiger partial charge in [-0.2, -0.15) is 5.26 Å². The minimum Gasteiger partial charge on any atom is -0.481 e. The molecule has 0 saturated carbocycles. The van der Waals surface area contributed by atoms with E-state index in [9.17, 15) is 14.7 Å². The minimum atomic E-state index is -1.92. The molecule has 0 fully saturated rings. The average molecular weight is 186 g/mol. The lowest BCUT2D eigenvalue weighted by Crippen LogP contribution is -2.43. The van der Waals surface area contributed by atoms with Gasteiger partial charge in [0.05, 0.1) is 18.1 Å². The molecule has 0 aliphatic rings. The highest BCUT2D eigenvalue weighted by Gasteiger charge is 2.38. The number of carboxylic acids is 1. The third-order valence-electron chi connectivity index (χ3n) is 1.54. The first-order valence-corrected chi connectivity index (χ1v) is 3.44. The first-order valence-electron chi connectivity index (χ1n) is 3.44. The maximum Gasteiger partial charge on any atom is 0.306 e. The summed E-state index contributed by atoms with van der Waals surface area (Å²) in [6.45, 7) is 1.08. The molecule has 1 amide bonds. The molecule has 0 radical (unpaired) electrons. The zero-order chi connectivity index (χ0) is 10.6. The second-order valence-electron chi connectivity index (χ2n) is 2.89. The topological polar surface area (TPSA) is 124 Å². The fourth-order valence-electron chi connectivity index (χ4n) is 0.917. The van der Waals surface area contributed by atoms with Crippen molar-refractivity contribution in [3.63, 3.8) is 0 Å². The van der Waals surface area contributed by atoms with Crippen LogP contribution in [0.25, 0.3) is 0 Å². The Kier molecular flexibility index (Phi) is 3.39. The zero-order valence-electron chi connectivity index (χ0n) is 7.02. The Morgan fingerprint density at radius 1 is 1.69 bits per heavy atom. The number of rotatable bonds is 4. The first-order chi connectivity index (χ1) is 5.81. The normalized spacial score (nSPS) is 16.7. The number of amides is 1. The predicted octanol–water partition coefficient (Wildman–Crippen LogP) is -1.16. The van der Waals surface area contributed by atoms with E-state index in [1.165, 1.54) is 6.07 Å². The van der Waals surface area contributed by atoms with Crippen molar-refractivity contribution in [1.29, 1.82) is 5.26 Å². The van der Waals surface area contributed by atoms with Crippen molar-refractivity contribution in [2.45, 2.75) is 18.9 Å². The molecule has 0 aromatic heterocycles. The van der Waals surface area contributed by atoms with Gasteiger partial charge in [0, 0.05) is 0 Å². The van der Waals surface area contributed by atoms with Crippen LogP contribution in [0.2, 0.25) is 0 Å².